The normalized spacial score (nSPS) is 15.9. The van der Waals surface area contributed by atoms with Crippen LogP contribution >= 0.6 is 0 Å². The third kappa shape index (κ3) is 4.37. The maximum atomic E-state index is 13.9. The van der Waals surface area contributed by atoms with Crippen LogP contribution in [-0.4, -0.2) is 54.7 Å². The van der Waals surface area contributed by atoms with Crippen LogP contribution in [0.3, 0.4) is 0 Å². The van der Waals surface area contributed by atoms with Crippen LogP contribution in [0.1, 0.15) is 21.7 Å². The second-order valence-corrected chi connectivity index (χ2v) is 8.60. The molecule has 1 aromatic carbocycles. The number of pyridine rings is 1. The molecule has 31 heavy (non-hydrogen) atoms. The number of hydrogen-bond donors (Lipinski definition) is 0. The molecule has 0 saturated carbocycles. The number of rotatable bonds is 3. The summed E-state index contributed by atoms with van der Waals surface area (Å²) in [5.41, 5.74) is -1.36. The molecular formula is C18H15F6N3O3S. The van der Waals surface area contributed by atoms with Crippen LogP contribution in [0.25, 0.3) is 0 Å². The minimum Gasteiger partial charge on any atom is -0.336 e. The number of piperazine rings is 1. The number of aryl methyl sites for hydroxylation is 1. The van der Waals surface area contributed by atoms with E-state index in [1.807, 2.05) is 0 Å². The van der Waals surface area contributed by atoms with Crippen LogP contribution in [0.4, 0.5) is 26.3 Å². The zero-order valence-corrected chi connectivity index (χ0v) is 16.7. The van der Waals surface area contributed by atoms with Crippen LogP contribution < -0.4 is 0 Å². The molecule has 0 aliphatic carbocycles. The molecule has 1 aliphatic rings. The Labute approximate surface area is 173 Å². The number of benzene rings is 1. The number of hydrogen-bond acceptors (Lipinski definition) is 4. The lowest BCUT2D eigenvalue weighted by molar-refractivity contribution is -0.141. The molecule has 0 radical (unpaired) electrons. The SMILES string of the molecule is Cc1nc(C(F)(F)F)ccc1C(=O)N1CCN(S(=O)(=O)c2ccc(F)c(F)c2F)CC1. The van der Waals surface area contributed by atoms with E-state index in [1.165, 1.54) is 11.8 Å². The van der Waals surface area contributed by atoms with E-state index in [-0.39, 0.29) is 37.4 Å². The molecular weight excluding hydrogens is 452 g/mol. The topological polar surface area (TPSA) is 70.6 Å². The Morgan fingerprint density at radius 2 is 1.58 bits per heavy atom. The Kier molecular flexibility index (Phi) is 6.02. The fourth-order valence-electron chi connectivity index (χ4n) is 3.09. The third-order valence-corrected chi connectivity index (χ3v) is 6.67. The predicted octanol–water partition coefficient (Wildman–Crippen LogP) is 2.97. The van der Waals surface area contributed by atoms with E-state index in [0.717, 1.165) is 10.4 Å². The minimum absolute atomic E-state index is 0.0732. The lowest BCUT2D eigenvalue weighted by Crippen LogP contribution is -2.50. The molecule has 0 atom stereocenters. The maximum Gasteiger partial charge on any atom is 0.433 e. The van der Waals surface area contributed by atoms with Crippen molar-refractivity contribution in [1.29, 1.82) is 0 Å². The average molecular weight is 467 g/mol. The highest BCUT2D eigenvalue weighted by Crippen LogP contribution is 2.29. The van der Waals surface area contributed by atoms with E-state index >= 15 is 0 Å². The van der Waals surface area contributed by atoms with Crippen LogP contribution in [-0.2, 0) is 16.2 Å². The van der Waals surface area contributed by atoms with Gasteiger partial charge in [-0.15, -0.1) is 0 Å². The number of alkyl halides is 3. The van der Waals surface area contributed by atoms with Crippen molar-refractivity contribution in [2.24, 2.45) is 0 Å². The van der Waals surface area contributed by atoms with Gasteiger partial charge in [-0.2, -0.15) is 17.5 Å². The highest BCUT2D eigenvalue weighted by atomic mass is 32.2. The van der Waals surface area contributed by atoms with E-state index in [0.29, 0.717) is 18.2 Å². The molecule has 3 rings (SSSR count). The van der Waals surface area contributed by atoms with E-state index < -0.39 is 50.1 Å². The number of amides is 1. The van der Waals surface area contributed by atoms with Crippen molar-refractivity contribution < 1.29 is 39.6 Å². The zero-order valence-electron chi connectivity index (χ0n) is 15.9. The quantitative estimate of drug-likeness (QED) is 0.514. The van der Waals surface area contributed by atoms with Crippen molar-refractivity contribution in [3.63, 3.8) is 0 Å². The predicted molar refractivity (Wildman–Crippen MR) is 95.0 cm³/mol. The summed E-state index contributed by atoms with van der Waals surface area (Å²) in [5.74, 6) is -5.94. The van der Waals surface area contributed by atoms with Gasteiger partial charge in [0.1, 0.15) is 10.6 Å². The summed E-state index contributed by atoms with van der Waals surface area (Å²) in [4.78, 5) is 16.2. The van der Waals surface area contributed by atoms with Crippen LogP contribution in [0, 0.1) is 24.4 Å². The smallest absolute Gasteiger partial charge is 0.336 e. The van der Waals surface area contributed by atoms with Crippen molar-refractivity contribution in [3.8, 4) is 0 Å². The summed E-state index contributed by atoms with van der Waals surface area (Å²) in [6.07, 6.45) is -4.67. The molecule has 1 aliphatic heterocycles. The van der Waals surface area contributed by atoms with E-state index in [4.69, 9.17) is 0 Å². The van der Waals surface area contributed by atoms with Crippen molar-refractivity contribution >= 4 is 15.9 Å². The second kappa shape index (κ2) is 8.11. The number of carbonyl (C=O) groups excluding carboxylic acids is 1. The van der Waals surface area contributed by atoms with Gasteiger partial charge in [-0.1, -0.05) is 0 Å². The maximum absolute atomic E-state index is 13.9. The largest absolute Gasteiger partial charge is 0.433 e. The van der Waals surface area contributed by atoms with Crippen molar-refractivity contribution in [3.05, 3.63) is 58.7 Å². The van der Waals surface area contributed by atoms with Crippen molar-refractivity contribution in [2.75, 3.05) is 26.2 Å². The van der Waals surface area contributed by atoms with Gasteiger partial charge in [-0.25, -0.2) is 26.6 Å². The van der Waals surface area contributed by atoms with E-state index in [9.17, 15) is 39.6 Å². The fraction of sp³-hybridized carbons (Fsp3) is 0.333. The Hall–Kier alpha value is -2.67. The first-order valence-corrected chi connectivity index (χ1v) is 10.3. The molecule has 1 saturated heterocycles. The monoisotopic (exact) mass is 467 g/mol. The van der Waals surface area contributed by atoms with Crippen molar-refractivity contribution in [1.82, 2.24) is 14.2 Å². The summed E-state index contributed by atoms with van der Waals surface area (Å²) >= 11 is 0. The standard InChI is InChI=1S/C18H15F6N3O3S/c1-10-11(2-5-14(25-10)18(22,23)24)17(28)26-6-8-27(9-7-26)31(29,30)13-4-3-12(19)15(20)16(13)21/h2-5H,6-9H2,1H3. The van der Waals surface area contributed by atoms with E-state index in [2.05, 4.69) is 4.98 Å². The Balaban J connectivity index is 1.75. The average Bonchev–Trinajstić information content (AvgIpc) is 2.70. The van der Waals surface area contributed by atoms with Gasteiger partial charge in [0.15, 0.2) is 17.5 Å². The molecule has 6 nitrogen and oxygen atoms in total. The molecule has 13 heteroatoms. The van der Waals surface area contributed by atoms with Gasteiger partial charge < -0.3 is 4.90 Å². The van der Waals surface area contributed by atoms with Crippen LogP contribution in [0.5, 0.6) is 0 Å². The minimum atomic E-state index is -4.67. The van der Waals surface area contributed by atoms with Gasteiger partial charge in [0.2, 0.25) is 10.0 Å². The third-order valence-electron chi connectivity index (χ3n) is 4.75. The number of sulfonamides is 1. The van der Waals surface area contributed by atoms with Gasteiger partial charge in [0.05, 0.1) is 11.3 Å². The summed E-state index contributed by atoms with van der Waals surface area (Å²) in [5, 5.41) is 0. The van der Waals surface area contributed by atoms with Gasteiger partial charge in [0.25, 0.3) is 5.91 Å². The first-order valence-electron chi connectivity index (χ1n) is 8.82. The first kappa shape index (κ1) is 23.0. The zero-order chi connectivity index (χ0) is 23.1. The Bertz CT molecular complexity index is 1130. The molecule has 168 valence electrons. The van der Waals surface area contributed by atoms with E-state index in [1.54, 1.807) is 0 Å². The van der Waals surface area contributed by atoms with Gasteiger partial charge in [0, 0.05) is 26.2 Å². The number of carbonyl (C=O) groups is 1. The highest BCUT2D eigenvalue weighted by molar-refractivity contribution is 7.89. The Morgan fingerprint density at radius 1 is 0.968 bits per heavy atom. The summed E-state index contributed by atoms with van der Waals surface area (Å²) < 4.78 is 105. The van der Waals surface area contributed by atoms with Crippen LogP contribution in [0.2, 0.25) is 0 Å². The molecule has 0 unspecified atom stereocenters. The second-order valence-electron chi connectivity index (χ2n) is 6.70. The molecule has 1 fully saturated rings. The molecule has 0 N–H and O–H groups in total. The lowest BCUT2D eigenvalue weighted by atomic mass is 10.1. The molecule has 0 bridgehead atoms. The summed E-state index contributed by atoms with van der Waals surface area (Å²) in [6, 6.07) is 2.77. The molecule has 2 aromatic rings. The molecule has 0 spiro atoms. The summed E-state index contributed by atoms with van der Waals surface area (Å²) in [7, 11) is -4.50. The van der Waals surface area contributed by atoms with Crippen LogP contribution in [0.15, 0.2) is 29.2 Å². The van der Waals surface area contributed by atoms with Gasteiger partial charge in [-0.05, 0) is 31.2 Å². The number of nitrogens with zero attached hydrogens (tertiary/aromatic N) is 3. The first-order chi connectivity index (χ1) is 14.3. The molecule has 1 aromatic heterocycles. The summed E-state index contributed by atoms with van der Waals surface area (Å²) in [6.45, 7) is 0.391. The number of halogens is 6. The Morgan fingerprint density at radius 3 is 2.13 bits per heavy atom. The lowest BCUT2D eigenvalue weighted by Gasteiger charge is -2.34. The fourth-order valence-corrected chi connectivity index (χ4v) is 4.57. The molecule has 1 amide bonds. The van der Waals surface area contributed by atoms with Crippen molar-refractivity contribution in [2.45, 2.75) is 18.0 Å². The van der Waals surface area contributed by atoms with Gasteiger partial charge in [-0.3, -0.25) is 4.79 Å². The number of aromatic nitrogens is 1. The van der Waals surface area contributed by atoms with Gasteiger partial charge >= 0.3 is 6.18 Å². The highest BCUT2D eigenvalue weighted by Gasteiger charge is 2.35. The molecule has 2 heterocycles.